The number of anilines is 1. The Morgan fingerprint density at radius 3 is 2.71 bits per heavy atom. The molecule has 94 valence electrons. The van der Waals surface area contributed by atoms with Crippen LogP contribution in [0.2, 0.25) is 0 Å². The van der Waals surface area contributed by atoms with Crippen LogP contribution in [0.5, 0.6) is 0 Å². The van der Waals surface area contributed by atoms with Crippen molar-refractivity contribution in [2.75, 3.05) is 17.2 Å². The molecule has 2 N–H and O–H groups in total. The van der Waals surface area contributed by atoms with E-state index in [2.05, 4.69) is 9.97 Å². The lowest BCUT2D eigenvalue weighted by Crippen LogP contribution is -2.10. The van der Waals surface area contributed by atoms with Crippen LogP contribution >= 0.6 is 0 Å². The first-order chi connectivity index (χ1) is 7.89. The van der Waals surface area contributed by atoms with Crippen LogP contribution in [0.3, 0.4) is 0 Å². The molecule has 1 saturated heterocycles. The van der Waals surface area contributed by atoms with Crippen molar-refractivity contribution in [3.05, 3.63) is 17.7 Å². The summed E-state index contributed by atoms with van der Waals surface area (Å²) in [5.74, 6) is -0.302. The maximum absolute atomic E-state index is 12.6. The standard InChI is InChI=1S/C9H11F2N3O2S/c10-8(11)7-6(12)3-13-9(14-7)5-1-2-17(15,16)4-5/h3,5,8H,1-2,4,12H2. The molecular formula is C9H11F2N3O2S. The maximum Gasteiger partial charge on any atom is 0.282 e. The molecular weight excluding hydrogens is 252 g/mol. The average Bonchev–Trinajstić information content (AvgIpc) is 2.59. The van der Waals surface area contributed by atoms with Crippen molar-refractivity contribution >= 4 is 15.5 Å². The number of nitrogens with two attached hydrogens (primary N) is 1. The van der Waals surface area contributed by atoms with Gasteiger partial charge in [0.25, 0.3) is 6.43 Å². The molecule has 1 aromatic heterocycles. The van der Waals surface area contributed by atoms with E-state index in [4.69, 9.17) is 5.73 Å². The lowest BCUT2D eigenvalue weighted by molar-refractivity contribution is 0.146. The predicted octanol–water partition coefficient (Wildman–Crippen LogP) is 0.899. The zero-order chi connectivity index (χ0) is 12.6. The van der Waals surface area contributed by atoms with Gasteiger partial charge in [0.05, 0.1) is 23.4 Å². The van der Waals surface area contributed by atoms with Crippen molar-refractivity contribution in [2.45, 2.75) is 18.8 Å². The summed E-state index contributed by atoms with van der Waals surface area (Å²) in [5.41, 5.74) is 4.61. The van der Waals surface area contributed by atoms with E-state index in [0.29, 0.717) is 6.42 Å². The summed E-state index contributed by atoms with van der Waals surface area (Å²) in [6.07, 6.45) is -1.31. The molecule has 1 fully saturated rings. The SMILES string of the molecule is Nc1cnc(C2CCS(=O)(=O)C2)nc1C(F)F. The molecule has 0 saturated carbocycles. The highest BCUT2D eigenvalue weighted by molar-refractivity contribution is 7.91. The van der Waals surface area contributed by atoms with E-state index < -0.39 is 27.9 Å². The smallest absolute Gasteiger partial charge is 0.282 e. The highest BCUT2D eigenvalue weighted by Crippen LogP contribution is 2.29. The van der Waals surface area contributed by atoms with Crippen LogP contribution < -0.4 is 5.73 Å². The van der Waals surface area contributed by atoms with Crippen LogP contribution in [0.25, 0.3) is 0 Å². The quantitative estimate of drug-likeness (QED) is 0.856. The first kappa shape index (κ1) is 12.2. The number of alkyl halides is 2. The van der Waals surface area contributed by atoms with E-state index >= 15 is 0 Å². The van der Waals surface area contributed by atoms with Crippen molar-refractivity contribution in [1.29, 1.82) is 0 Å². The van der Waals surface area contributed by atoms with Crippen LogP contribution in [0.1, 0.15) is 30.3 Å². The van der Waals surface area contributed by atoms with Gasteiger partial charge in [-0.2, -0.15) is 0 Å². The molecule has 0 bridgehead atoms. The Morgan fingerprint density at radius 2 is 2.18 bits per heavy atom. The van der Waals surface area contributed by atoms with Crippen LogP contribution in [0, 0.1) is 0 Å². The molecule has 8 heteroatoms. The minimum absolute atomic E-state index is 0.0510. The van der Waals surface area contributed by atoms with Crippen LogP contribution in [-0.2, 0) is 9.84 Å². The summed E-state index contributed by atoms with van der Waals surface area (Å²) in [6, 6.07) is 0. The predicted molar refractivity (Wildman–Crippen MR) is 57.4 cm³/mol. The highest BCUT2D eigenvalue weighted by atomic mass is 32.2. The topological polar surface area (TPSA) is 85.9 Å². The zero-order valence-corrected chi connectivity index (χ0v) is 9.62. The number of hydrogen-bond donors (Lipinski definition) is 1. The fourth-order valence-corrected chi connectivity index (χ4v) is 3.53. The van der Waals surface area contributed by atoms with Crippen molar-refractivity contribution < 1.29 is 17.2 Å². The third-order valence-electron chi connectivity index (χ3n) is 2.67. The van der Waals surface area contributed by atoms with E-state index in [-0.39, 0.29) is 23.0 Å². The van der Waals surface area contributed by atoms with Gasteiger partial charge in [0.2, 0.25) is 0 Å². The fraction of sp³-hybridized carbons (Fsp3) is 0.556. The third kappa shape index (κ3) is 2.51. The first-order valence-electron chi connectivity index (χ1n) is 5.00. The van der Waals surface area contributed by atoms with Gasteiger partial charge in [-0.05, 0) is 6.42 Å². The van der Waals surface area contributed by atoms with E-state index in [1.165, 1.54) is 0 Å². The maximum atomic E-state index is 12.6. The molecule has 0 spiro atoms. The molecule has 0 aromatic carbocycles. The molecule has 1 aromatic rings. The largest absolute Gasteiger partial charge is 0.396 e. The van der Waals surface area contributed by atoms with Gasteiger partial charge in [0.1, 0.15) is 11.5 Å². The van der Waals surface area contributed by atoms with E-state index in [0.717, 1.165) is 6.20 Å². The molecule has 1 aliphatic rings. The van der Waals surface area contributed by atoms with Crippen molar-refractivity contribution in [1.82, 2.24) is 9.97 Å². The van der Waals surface area contributed by atoms with Crippen LogP contribution in [-0.4, -0.2) is 29.9 Å². The Labute approximate surface area is 97.0 Å². The monoisotopic (exact) mass is 263 g/mol. The second-order valence-corrected chi connectivity index (χ2v) is 6.20. The molecule has 17 heavy (non-hydrogen) atoms. The Balaban J connectivity index is 2.32. The molecule has 0 radical (unpaired) electrons. The molecule has 0 aliphatic carbocycles. The fourth-order valence-electron chi connectivity index (χ4n) is 1.79. The lowest BCUT2D eigenvalue weighted by atomic mass is 10.1. The molecule has 0 amide bonds. The summed E-state index contributed by atoms with van der Waals surface area (Å²) < 4.78 is 47.7. The van der Waals surface area contributed by atoms with E-state index in [1.54, 1.807) is 0 Å². The van der Waals surface area contributed by atoms with Gasteiger partial charge in [-0.25, -0.2) is 27.2 Å². The normalized spacial score (nSPS) is 23.1. The Morgan fingerprint density at radius 1 is 1.47 bits per heavy atom. The van der Waals surface area contributed by atoms with Gasteiger partial charge >= 0.3 is 0 Å². The van der Waals surface area contributed by atoms with Gasteiger partial charge in [0.15, 0.2) is 9.84 Å². The van der Waals surface area contributed by atoms with Gasteiger partial charge in [0, 0.05) is 5.92 Å². The molecule has 2 rings (SSSR count). The van der Waals surface area contributed by atoms with Gasteiger partial charge < -0.3 is 5.73 Å². The van der Waals surface area contributed by atoms with Crippen LogP contribution in [0.15, 0.2) is 6.20 Å². The van der Waals surface area contributed by atoms with Gasteiger partial charge in [-0.15, -0.1) is 0 Å². The minimum atomic E-state index is -3.09. The van der Waals surface area contributed by atoms with E-state index in [9.17, 15) is 17.2 Å². The molecule has 5 nitrogen and oxygen atoms in total. The third-order valence-corrected chi connectivity index (χ3v) is 4.44. The number of aromatic nitrogens is 2. The molecule has 1 aliphatic heterocycles. The van der Waals surface area contributed by atoms with Crippen molar-refractivity contribution in [3.8, 4) is 0 Å². The number of halogens is 2. The van der Waals surface area contributed by atoms with Crippen molar-refractivity contribution in [3.63, 3.8) is 0 Å². The Kier molecular flexibility index (Phi) is 2.98. The van der Waals surface area contributed by atoms with Gasteiger partial charge in [-0.1, -0.05) is 0 Å². The number of rotatable bonds is 2. The molecule has 1 atom stereocenters. The number of hydrogen-bond acceptors (Lipinski definition) is 5. The number of nitrogens with zero attached hydrogens (tertiary/aromatic N) is 2. The average molecular weight is 263 g/mol. The van der Waals surface area contributed by atoms with Gasteiger partial charge in [-0.3, -0.25) is 0 Å². The summed E-state index contributed by atoms with van der Waals surface area (Å²) in [6.45, 7) is 0. The number of nitrogen functional groups attached to an aromatic ring is 1. The zero-order valence-electron chi connectivity index (χ0n) is 8.81. The molecule has 2 heterocycles. The summed E-state index contributed by atoms with van der Waals surface area (Å²) in [7, 11) is -3.09. The Hall–Kier alpha value is -1.31. The minimum Gasteiger partial charge on any atom is -0.396 e. The second kappa shape index (κ2) is 4.17. The summed E-state index contributed by atoms with van der Waals surface area (Å²) >= 11 is 0. The number of sulfone groups is 1. The second-order valence-electron chi connectivity index (χ2n) is 3.97. The van der Waals surface area contributed by atoms with Crippen molar-refractivity contribution in [2.24, 2.45) is 0 Å². The lowest BCUT2D eigenvalue weighted by Gasteiger charge is -2.09. The van der Waals surface area contributed by atoms with Crippen LogP contribution in [0.4, 0.5) is 14.5 Å². The molecule has 1 unspecified atom stereocenters. The Bertz CT molecular complexity index is 533. The first-order valence-corrected chi connectivity index (χ1v) is 6.82. The highest BCUT2D eigenvalue weighted by Gasteiger charge is 2.31. The summed E-state index contributed by atoms with van der Waals surface area (Å²) in [4.78, 5) is 7.50. The summed E-state index contributed by atoms with van der Waals surface area (Å²) in [5, 5.41) is 0. The van der Waals surface area contributed by atoms with E-state index in [1.807, 2.05) is 0 Å².